The molecule has 3 rings (SSSR count). The van der Waals surface area contributed by atoms with E-state index in [1.54, 1.807) is 11.8 Å². The molecule has 0 saturated carbocycles. The van der Waals surface area contributed by atoms with Crippen LogP contribution in [0.15, 0.2) is 45.8 Å². The standard InChI is InChI=1S/C20H20BrN3OS.ClH/c1-23(2)11-15-19-14(10-22)18(12-26-13-7-5-4-6-8-13)24(3)17(19)9-16(21)20(15)25;/h4-9,25H,11-12H2,1-3H3;1H. The first-order valence-electron chi connectivity index (χ1n) is 8.32. The fourth-order valence-electron chi connectivity index (χ4n) is 3.16. The third-order valence-electron chi connectivity index (χ3n) is 4.40. The van der Waals surface area contributed by atoms with Crippen molar-refractivity contribution < 1.29 is 22.4 Å². The molecule has 2 aromatic carbocycles. The monoisotopic (exact) mass is 465 g/mol. The third-order valence-corrected chi connectivity index (χ3v) is 6.03. The molecule has 0 fully saturated rings. The van der Waals surface area contributed by atoms with Crippen molar-refractivity contribution in [3.63, 3.8) is 0 Å². The van der Waals surface area contributed by atoms with Crippen LogP contribution in [0.5, 0.6) is 5.75 Å². The first-order chi connectivity index (χ1) is 12.4. The molecule has 0 unspecified atom stereocenters. The molecule has 1 aromatic heterocycles. The molecule has 0 saturated heterocycles. The maximum atomic E-state index is 10.6. The van der Waals surface area contributed by atoms with E-state index in [1.807, 2.05) is 45.4 Å². The Morgan fingerprint density at radius 1 is 1.26 bits per heavy atom. The van der Waals surface area contributed by atoms with E-state index >= 15 is 0 Å². The van der Waals surface area contributed by atoms with Crippen molar-refractivity contribution in [1.82, 2.24) is 4.57 Å². The maximum absolute atomic E-state index is 10.6. The van der Waals surface area contributed by atoms with E-state index in [-0.39, 0.29) is 18.2 Å². The van der Waals surface area contributed by atoms with Crippen molar-refractivity contribution in [2.75, 3.05) is 14.1 Å². The zero-order valence-electron chi connectivity index (χ0n) is 15.4. The predicted molar refractivity (Wildman–Crippen MR) is 110 cm³/mol. The highest BCUT2D eigenvalue weighted by Crippen LogP contribution is 2.39. The first kappa shape index (κ1) is 21.6. The van der Waals surface area contributed by atoms with E-state index in [1.165, 1.54) is 9.80 Å². The number of fused-ring (bicyclic) bond motifs is 1. The topological polar surface area (TPSA) is 53.4 Å². The number of hydrogen-bond acceptors (Lipinski definition) is 3. The summed E-state index contributed by atoms with van der Waals surface area (Å²) < 4.78 is 2.73. The highest BCUT2D eigenvalue weighted by atomic mass is 79.9. The Morgan fingerprint density at radius 3 is 2.52 bits per heavy atom. The lowest BCUT2D eigenvalue weighted by molar-refractivity contribution is -0.872. The van der Waals surface area contributed by atoms with Crippen molar-refractivity contribution in [2.24, 2.45) is 7.05 Å². The summed E-state index contributed by atoms with van der Waals surface area (Å²) in [6.07, 6.45) is 0. The second-order valence-corrected chi connectivity index (χ2v) is 8.46. The van der Waals surface area contributed by atoms with Crippen LogP contribution in [-0.2, 0) is 19.3 Å². The van der Waals surface area contributed by atoms with Gasteiger partial charge in [0.15, 0.2) is 0 Å². The van der Waals surface area contributed by atoms with Crippen LogP contribution in [0.2, 0.25) is 0 Å². The third kappa shape index (κ3) is 4.27. The van der Waals surface area contributed by atoms with Gasteiger partial charge in [0.05, 0.1) is 35.2 Å². The van der Waals surface area contributed by atoms with E-state index in [0.717, 1.165) is 22.2 Å². The zero-order chi connectivity index (χ0) is 18.8. The fraction of sp³-hybridized carbons (Fsp3) is 0.250. The molecule has 0 spiro atoms. The number of rotatable bonds is 5. The normalized spacial score (nSPS) is 10.8. The van der Waals surface area contributed by atoms with Gasteiger partial charge in [-0.15, -0.1) is 11.8 Å². The summed E-state index contributed by atoms with van der Waals surface area (Å²) in [6.45, 7) is 0.645. The van der Waals surface area contributed by atoms with E-state index in [2.05, 4.69) is 38.7 Å². The van der Waals surface area contributed by atoms with Gasteiger partial charge < -0.3 is 27.0 Å². The minimum Gasteiger partial charge on any atom is -1.00 e. The summed E-state index contributed by atoms with van der Waals surface area (Å²) in [5.41, 5.74) is 3.41. The van der Waals surface area contributed by atoms with E-state index < -0.39 is 0 Å². The number of thioether (sulfide) groups is 1. The number of nitrogens with zero attached hydrogens (tertiary/aromatic N) is 2. The summed E-state index contributed by atoms with van der Waals surface area (Å²) >= 11 is 5.17. The van der Waals surface area contributed by atoms with Gasteiger partial charge in [-0.2, -0.15) is 5.26 Å². The van der Waals surface area contributed by atoms with Crippen LogP contribution >= 0.6 is 27.7 Å². The van der Waals surface area contributed by atoms with Gasteiger partial charge in [0.1, 0.15) is 18.4 Å². The summed E-state index contributed by atoms with van der Waals surface area (Å²) in [4.78, 5) is 2.36. The number of phenols is 1. The van der Waals surface area contributed by atoms with Gasteiger partial charge in [-0.3, -0.25) is 0 Å². The molecule has 0 amide bonds. The molecule has 2 N–H and O–H groups in total. The number of nitriles is 1. The molecule has 27 heavy (non-hydrogen) atoms. The van der Waals surface area contributed by atoms with Crippen LogP contribution in [0.25, 0.3) is 10.9 Å². The number of halogens is 2. The highest BCUT2D eigenvalue weighted by Gasteiger charge is 2.23. The largest absolute Gasteiger partial charge is 1.00 e. The van der Waals surface area contributed by atoms with Gasteiger partial charge in [-0.05, 0) is 34.1 Å². The molecule has 0 aliphatic heterocycles. The van der Waals surface area contributed by atoms with Gasteiger partial charge >= 0.3 is 0 Å². The van der Waals surface area contributed by atoms with Crippen molar-refractivity contribution in [3.8, 4) is 11.8 Å². The highest BCUT2D eigenvalue weighted by molar-refractivity contribution is 9.10. The fourth-order valence-corrected chi connectivity index (χ4v) is 4.61. The molecule has 142 valence electrons. The minimum atomic E-state index is 0. The lowest BCUT2D eigenvalue weighted by atomic mass is 10.0. The molecule has 4 nitrogen and oxygen atoms in total. The van der Waals surface area contributed by atoms with Crippen molar-refractivity contribution in [3.05, 3.63) is 57.7 Å². The molecule has 0 aliphatic carbocycles. The Kier molecular flexibility index (Phi) is 7.24. The van der Waals surface area contributed by atoms with Gasteiger partial charge in [-0.25, -0.2) is 0 Å². The molecular weight excluding hydrogens is 446 g/mol. The van der Waals surface area contributed by atoms with Crippen molar-refractivity contribution >= 4 is 38.6 Å². The number of aromatic nitrogens is 1. The Hall–Kier alpha value is -1.65. The average molecular weight is 467 g/mol. The van der Waals surface area contributed by atoms with Crippen LogP contribution in [-0.4, -0.2) is 23.8 Å². The Labute approximate surface area is 178 Å². The SMILES string of the molecule is Cn1c(CSc2ccccc2)c(C#N)c2c(C[NH+](C)C)c(O)c(Br)cc21.[Cl-]. The van der Waals surface area contributed by atoms with Crippen molar-refractivity contribution in [1.29, 1.82) is 5.26 Å². The van der Waals surface area contributed by atoms with E-state index in [4.69, 9.17) is 0 Å². The van der Waals surface area contributed by atoms with Crippen LogP contribution < -0.4 is 17.3 Å². The summed E-state index contributed by atoms with van der Waals surface area (Å²) in [5, 5.41) is 21.3. The predicted octanol–water partition coefficient (Wildman–Crippen LogP) is 0.459. The number of hydrogen-bond donors (Lipinski definition) is 2. The number of benzene rings is 2. The quantitative estimate of drug-likeness (QED) is 0.537. The van der Waals surface area contributed by atoms with Crippen LogP contribution in [0.1, 0.15) is 16.8 Å². The van der Waals surface area contributed by atoms with E-state index in [9.17, 15) is 10.4 Å². The molecule has 0 radical (unpaired) electrons. The molecule has 0 bridgehead atoms. The van der Waals surface area contributed by atoms with Gasteiger partial charge in [0.2, 0.25) is 0 Å². The zero-order valence-corrected chi connectivity index (χ0v) is 18.5. The van der Waals surface area contributed by atoms with Crippen LogP contribution in [0.3, 0.4) is 0 Å². The Morgan fingerprint density at radius 2 is 1.93 bits per heavy atom. The van der Waals surface area contributed by atoms with Gasteiger partial charge in [0.25, 0.3) is 0 Å². The molecule has 7 heteroatoms. The van der Waals surface area contributed by atoms with Gasteiger partial charge in [-0.1, -0.05) is 18.2 Å². The lowest BCUT2D eigenvalue weighted by Crippen LogP contribution is -3.04. The molecule has 0 aliphatic rings. The second-order valence-electron chi connectivity index (χ2n) is 6.56. The number of aromatic hydroxyl groups is 1. The smallest absolute Gasteiger partial charge is 0.139 e. The van der Waals surface area contributed by atoms with Crippen LogP contribution in [0.4, 0.5) is 0 Å². The first-order valence-corrected chi connectivity index (χ1v) is 10.1. The summed E-state index contributed by atoms with van der Waals surface area (Å²) in [5.74, 6) is 0.924. The molecule has 1 heterocycles. The average Bonchev–Trinajstić information content (AvgIpc) is 2.89. The number of nitrogens with one attached hydrogen (secondary N) is 1. The lowest BCUT2D eigenvalue weighted by Gasteiger charge is -2.12. The number of phenolic OH excluding ortho intramolecular Hbond substituents is 1. The van der Waals surface area contributed by atoms with E-state index in [0.29, 0.717) is 22.3 Å². The summed E-state index contributed by atoms with van der Waals surface area (Å²) in [6, 6.07) is 14.5. The molecule has 3 aromatic rings. The molecular formula is C20H21BrClN3OS. The number of aryl methyl sites for hydroxylation is 1. The Balaban J connectivity index is 0.00000261. The maximum Gasteiger partial charge on any atom is 0.139 e. The Bertz CT molecular complexity index is 996. The van der Waals surface area contributed by atoms with Crippen LogP contribution in [0, 0.1) is 11.3 Å². The second kappa shape index (κ2) is 9.03. The minimum absolute atomic E-state index is 0. The number of quaternary nitrogens is 1. The van der Waals surface area contributed by atoms with Crippen molar-refractivity contribution in [2.45, 2.75) is 17.2 Å². The van der Waals surface area contributed by atoms with Gasteiger partial charge in [0, 0.05) is 28.8 Å². The summed E-state index contributed by atoms with van der Waals surface area (Å²) in [7, 11) is 6.06. The molecule has 0 atom stereocenters.